The number of anilines is 1. The Balaban J connectivity index is 2.10. The zero-order valence-corrected chi connectivity index (χ0v) is 16.6. The maximum atomic E-state index is 11.1. The molecule has 0 bridgehead atoms. The first-order chi connectivity index (χ1) is 13.2. The summed E-state index contributed by atoms with van der Waals surface area (Å²) in [6, 6.07) is 8.01. The maximum Gasteiger partial charge on any atom is 0.321 e. The van der Waals surface area contributed by atoms with Crippen LogP contribution in [0.5, 0.6) is 0 Å². The van der Waals surface area contributed by atoms with Crippen molar-refractivity contribution in [2.75, 3.05) is 10.7 Å². The lowest BCUT2D eigenvalue weighted by atomic mass is 9.81. The van der Waals surface area contributed by atoms with E-state index in [2.05, 4.69) is 6.07 Å². The lowest BCUT2D eigenvalue weighted by Gasteiger charge is -2.45. The van der Waals surface area contributed by atoms with Crippen LogP contribution in [0.4, 0.5) is 5.69 Å². The third-order valence-corrected chi connectivity index (χ3v) is 6.86. The van der Waals surface area contributed by atoms with Gasteiger partial charge in [0, 0.05) is 33.7 Å². The Hall–Kier alpha value is -2.47. The number of nitriles is 1. The van der Waals surface area contributed by atoms with Crippen LogP contribution in [0.1, 0.15) is 13.3 Å². The molecule has 1 aliphatic heterocycles. The van der Waals surface area contributed by atoms with Gasteiger partial charge in [0.1, 0.15) is 23.5 Å². The number of nitrogens with two attached hydrogens (primary N) is 1. The molecule has 146 valence electrons. The average molecular weight is 419 g/mol. The van der Waals surface area contributed by atoms with Gasteiger partial charge in [0.05, 0.1) is 11.3 Å². The maximum absolute atomic E-state index is 11.1. The Labute approximate surface area is 171 Å². The van der Waals surface area contributed by atoms with Gasteiger partial charge in [-0.05, 0) is 31.2 Å². The minimum absolute atomic E-state index is 0.0151. The van der Waals surface area contributed by atoms with Crippen molar-refractivity contribution in [3.05, 3.63) is 52.3 Å². The summed E-state index contributed by atoms with van der Waals surface area (Å²) in [5, 5.41) is 37.8. The number of halogens is 1. The summed E-state index contributed by atoms with van der Waals surface area (Å²) in [4.78, 5) is 12.8. The van der Waals surface area contributed by atoms with Gasteiger partial charge in [-0.2, -0.15) is 17.0 Å². The van der Waals surface area contributed by atoms with Crippen LogP contribution in [0.2, 0.25) is 5.02 Å². The number of thioether (sulfide) groups is 1. The van der Waals surface area contributed by atoms with Gasteiger partial charge < -0.3 is 20.8 Å². The van der Waals surface area contributed by atoms with Crippen LogP contribution >= 0.6 is 23.4 Å². The number of benzene rings is 1. The fourth-order valence-electron chi connectivity index (χ4n) is 3.63. The molecule has 3 atom stereocenters. The van der Waals surface area contributed by atoms with E-state index in [9.17, 15) is 15.2 Å². The first-order valence-electron chi connectivity index (χ1n) is 8.49. The van der Waals surface area contributed by atoms with Crippen LogP contribution in [-0.4, -0.2) is 44.6 Å². The average Bonchev–Trinajstić information content (AvgIpc) is 2.85. The number of amidine groups is 1. The molecule has 1 aliphatic carbocycles. The van der Waals surface area contributed by atoms with Crippen molar-refractivity contribution in [1.82, 2.24) is 0 Å². The normalized spacial score (nSPS) is 25.2. The molecular weight excluding hydrogens is 400 g/mol. The van der Waals surface area contributed by atoms with E-state index in [1.807, 2.05) is 6.92 Å². The van der Waals surface area contributed by atoms with Crippen molar-refractivity contribution in [3.8, 4) is 6.07 Å². The standard InChI is InChI=1S/C19H19ClN4O3S/c1-19-14(6-12(25)7-16(19)28-9-15(22)18(26)27)13(8-21)17(23)24(19)11-4-2-3-10(20)5-11/h2-6,15-16,23,25H,7,9,22H2,1H3,(H,26,27)/t15-,16+,19-/m0/s1. The van der Waals surface area contributed by atoms with Crippen LogP contribution in [0, 0.1) is 16.7 Å². The Morgan fingerprint density at radius 2 is 2.32 bits per heavy atom. The molecule has 0 saturated heterocycles. The molecule has 2 aliphatic rings. The summed E-state index contributed by atoms with van der Waals surface area (Å²) in [6.45, 7) is 1.88. The van der Waals surface area contributed by atoms with Gasteiger partial charge >= 0.3 is 5.97 Å². The van der Waals surface area contributed by atoms with E-state index in [1.54, 1.807) is 29.2 Å². The summed E-state index contributed by atoms with van der Waals surface area (Å²) in [7, 11) is 0. The highest BCUT2D eigenvalue weighted by Crippen LogP contribution is 2.50. The van der Waals surface area contributed by atoms with Crippen LogP contribution in [0.25, 0.3) is 0 Å². The lowest BCUT2D eigenvalue weighted by molar-refractivity contribution is -0.137. The number of aliphatic hydroxyl groups is 1. The fourth-order valence-corrected chi connectivity index (χ4v) is 5.25. The number of rotatable bonds is 5. The number of carbonyl (C=O) groups is 1. The number of nitrogens with zero attached hydrogens (tertiary/aromatic N) is 2. The minimum Gasteiger partial charge on any atom is -0.512 e. The highest BCUT2D eigenvalue weighted by molar-refractivity contribution is 8.00. The first kappa shape index (κ1) is 20.3. The third kappa shape index (κ3) is 3.26. The highest BCUT2D eigenvalue weighted by Gasteiger charge is 2.53. The molecule has 28 heavy (non-hydrogen) atoms. The molecule has 0 aromatic heterocycles. The molecule has 0 fully saturated rings. The number of allylic oxidation sites excluding steroid dienone is 1. The summed E-state index contributed by atoms with van der Waals surface area (Å²) >= 11 is 7.45. The SMILES string of the molecule is C[C@@]12C(=C(C#N)C(=N)N1c1cccc(Cl)c1)C=C(O)C[C@H]2SC[C@H](N)C(=O)O. The molecule has 0 unspecified atom stereocenters. The van der Waals surface area contributed by atoms with Gasteiger partial charge in [-0.25, -0.2) is 0 Å². The number of aliphatic hydroxyl groups excluding tert-OH is 1. The second-order valence-electron chi connectivity index (χ2n) is 6.82. The van der Waals surface area contributed by atoms with Gasteiger partial charge in [0.25, 0.3) is 0 Å². The Kier molecular flexibility index (Phi) is 5.44. The molecule has 7 nitrogen and oxygen atoms in total. The van der Waals surface area contributed by atoms with Gasteiger partial charge in [0.15, 0.2) is 0 Å². The summed E-state index contributed by atoms with van der Waals surface area (Å²) in [5.74, 6) is -0.870. The fraction of sp³-hybridized carbons (Fsp3) is 0.316. The highest BCUT2D eigenvalue weighted by atomic mass is 35.5. The molecule has 5 N–H and O–H groups in total. The molecule has 1 heterocycles. The molecular formula is C19H19ClN4O3S. The summed E-state index contributed by atoms with van der Waals surface area (Å²) < 4.78 is 0. The van der Waals surface area contributed by atoms with E-state index < -0.39 is 17.6 Å². The van der Waals surface area contributed by atoms with E-state index in [0.717, 1.165) is 0 Å². The number of carboxylic acid groups (broad SMARTS) is 1. The predicted molar refractivity (Wildman–Crippen MR) is 110 cm³/mol. The zero-order valence-electron chi connectivity index (χ0n) is 15.0. The van der Waals surface area contributed by atoms with Crippen molar-refractivity contribution in [1.29, 1.82) is 10.7 Å². The quantitative estimate of drug-likeness (QED) is 0.577. The second kappa shape index (κ2) is 7.51. The number of fused-ring (bicyclic) bond motifs is 1. The van der Waals surface area contributed by atoms with Gasteiger partial charge in [-0.1, -0.05) is 17.7 Å². The Morgan fingerprint density at radius 3 is 2.93 bits per heavy atom. The van der Waals surface area contributed by atoms with Crippen LogP contribution in [0.15, 0.2) is 47.2 Å². The van der Waals surface area contributed by atoms with Crippen molar-refractivity contribution < 1.29 is 15.0 Å². The Morgan fingerprint density at radius 1 is 1.61 bits per heavy atom. The molecule has 0 saturated carbocycles. The largest absolute Gasteiger partial charge is 0.512 e. The summed E-state index contributed by atoms with van der Waals surface area (Å²) in [6.07, 6.45) is 1.80. The van der Waals surface area contributed by atoms with Gasteiger partial charge in [0.2, 0.25) is 0 Å². The molecule has 9 heteroatoms. The van der Waals surface area contributed by atoms with Crippen molar-refractivity contribution in [2.24, 2.45) is 5.73 Å². The second-order valence-corrected chi connectivity index (χ2v) is 8.49. The Bertz CT molecular complexity index is 955. The van der Waals surface area contributed by atoms with Crippen LogP contribution < -0.4 is 10.6 Å². The first-order valence-corrected chi connectivity index (χ1v) is 9.92. The summed E-state index contributed by atoms with van der Waals surface area (Å²) in [5.41, 5.74) is 6.16. The monoisotopic (exact) mass is 418 g/mol. The van der Waals surface area contributed by atoms with Crippen LogP contribution in [0.3, 0.4) is 0 Å². The number of hydrogen-bond donors (Lipinski definition) is 4. The molecule has 0 amide bonds. The molecule has 1 aromatic rings. The number of hydrogen-bond acceptors (Lipinski definition) is 6. The van der Waals surface area contributed by atoms with Gasteiger partial charge in [-0.15, -0.1) is 0 Å². The van der Waals surface area contributed by atoms with Crippen LogP contribution in [-0.2, 0) is 4.79 Å². The minimum atomic E-state index is -1.10. The molecule has 1 aromatic carbocycles. The smallest absolute Gasteiger partial charge is 0.321 e. The lowest BCUT2D eigenvalue weighted by Crippen LogP contribution is -2.55. The number of nitrogens with one attached hydrogen (secondary N) is 1. The van der Waals surface area contributed by atoms with E-state index in [1.165, 1.54) is 17.8 Å². The van der Waals surface area contributed by atoms with Crippen molar-refractivity contribution >= 4 is 40.9 Å². The number of aliphatic carboxylic acids is 1. The van der Waals surface area contributed by atoms with E-state index in [-0.39, 0.29) is 34.6 Å². The zero-order chi connectivity index (χ0) is 20.6. The molecule has 0 radical (unpaired) electrons. The predicted octanol–water partition coefficient (Wildman–Crippen LogP) is 3.08. The van der Waals surface area contributed by atoms with Crippen molar-refractivity contribution in [2.45, 2.75) is 30.2 Å². The topological polar surface area (TPSA) is 134 Å². The molecule has 0 spiro atoms. The van der Waals surface area contributed by atoms with Crippen molar-refractivity contribution in [3.63, 3.8) is 0 Å². The van der Waals surface area contributed by atoms with E-state index in [4.69, 9.17) is 27.9 Å². The third-order valence-electron chi connectivity index (χ3n) is 5.04. The van der Waals surface area contributed by atoms with E-state index >= 15 is 0 Å². The number of carboxylic acids is 1. The van der Waals surface area contributed by atoms with E-state index in [0.29, 0.717) is 16.3 Å². The van der Waals surface area contributed by atoms with Gasteiger partial charge in [-0.3, -0.25) is 10.2 Å². The molecule has 3 rings (SSSR count).